The van der Waals surface area contributed by atoms with E-state index in [-0.39, 0.29) is 11.4 Å². The zero-order valence-electron chi connectivity index (χ0n) is 35.9. The van der Waals surface area contributed by atoms with Gasteiger partial charge < -0.3 is 18.0 Å². The van der Waals surface area contributed by atoms with Crippen LogP contribution < -0.4 is 0 Å². The summed E-state index contributed by atoms with van der Waals surface area (Å²) in [5, 5.41) is 5.21. The molecule has 0 aliphatic heterocycles. The van der Waals surface area contributed by atoms with Crippen molar-refractivity contribution in [2.45, 2.75) is 18.5 Å². The van der Waals surface area contributed by atoms with Crippen molar-refractivity contribution >= 4 is 87.5 Å². The van der Waals surface area contributed by atoms with E-state index in [1.165, 1.54) is 6.07 Å². The van der Waals surface area contributed by atoms with Gasteiger partial charge in [0.2, 0.25) is 0 Å². The summed E-state index contributed by atoms with van der Waals surface area (Å²) in [7, 11) is 0. The van der Waals surface area contributed by atoms with Crippen LogP contribution in [-0.2, 0) is 18.5 Å². The maximum absolute atomic E-state index is 17.0. The number of hydrogen-bond acceptors (Lipinski definition) is 2. The van der Waals surface area contributed by atoms with Gasteiger partial charge in [-0.25, -0.2) is 0 Å². The minimum atomic E-state index is -5.42. The second-order valence-corrected chi connectivity index (χ2v) is 17.3. The minimum Gasteiger partial charge on any atom is -0.456 e. The van der Waals surface area contributed by atoms with Gasteiger partial charge >= 0.3 is 18.5 Å². The summed E-state index contributed by atoms with van der Waals surface area (Å²) in [4.78, 5) is 0. The Kier molecular flexibility index (Phi) is 8.66. The van der Waals surface area contributed by atoms with Gasteiger partial charge in [-0.1, -0.05) is 97.1 Å². The summed E-state index contributed by atoms with van der Waals surface area (Å²) in [5.41, 5.74) is -2.84. The third-order valence-electron chi connectivity index (χ3n) is 13.4. The van der Waals surface area contributed by atoms with Crippen molar-refractivity contribution < 1.29 is 48.3 Å². The van der Waals surface area contributed by atoms with Gasteiger partial charge in [0.15, 0.2) is 0 Å². The topological polar surface area (TPSA) is 36.1 Å². The predicted molar refractivity (Wildman–Crippen MR) is 256 cm³/mol. The van der Waals surface area contributed by atoms with Crippen LogP contribution in [0.1, 0.15) is 16.7 Å². The fraction of sp³-hybridized carbons (Fsp3) is 0.0526. The zero-order chi connectivity index (χ0) is 48.0. The van der Waals surface area contributed by atoms with Gasteiger partial charge in [0.05, 0.1) is 50.1 Å². The Bertz CT molecular complexity index is 4070. The quantitative estimate of drug-likeness (QED) is 0.165. The third-order valence-corrected chi connectivity index (χ3v) is 13.4. The van der Waals surface area contributed by atoms with Gasteiger partial charge in [-0.3, -0.25) is 0 Å². The summed E-state index contributed by atoms with van der Waals surface area (Å²) < 4.78 is 155. The molecule has 4 aromatic heterocycles. The normalized spacial score (nSPS) is 12.9. The fourth-order valence-electron chi connectivity index (χ4n) is 10.6. The molecule has 0 atom stereocenters. The molecule has 13 aromatic rings. The number of alkyl halides is 9. The fourth-order valence-corrected chi connectivity index (χ4v) is 10.6. The van der Waals surface area contributed by atoms with E-state index in [0.29, 0.717) is 88.8 Å². The number of fused-ring (bicyclic) bond motifs is 14. The first-order valence-electron chi connectivity index (χ1n) is 22.0. The second-order valence-electron chi connectivity index (χ2n) is 17.3. The average Bonchev–Trinajstić information content (AvgIpc) is 4.10. The van der Waals surface area contributed by atoms with E-state index >= 15 is 13.2 Å². The minimum absolute atomic E-state index is 0.184. The lowest BCUT2D eigenvalue weighted by atomic mass is 9.87. The molecule has 0 saturated heterocycles. The van der Waals surface area contributed by atoms with Crippen molar-refractivity contribution in [2.75, 3.05) is 0 Å². The summed E-state index contributed by atoms with van der Waals surface area (Å²) in [6.45, 7) is 0. The molecule has 0 saturated carbocycles. The van der Waals surface area contributed by atoms with Gasteiger partial charge in [0.1, 0.15) is 22.3 Å². The highest BCUT2D eigenvalue weighted by molar-refractivity contribution is 6.29. The van der Waals surface area contributed by atoms with Gasteiger partial charge in [-0.15, -0.1) is 0 Å². The van der Waals surface area contributed by atoms with E-state index in [9.17, 15) is 26.3 Å². The first-order valence-corrected chi connectivity index (χ1v) is 22.0. The van der Waals surface area contributed by atoms with Crippen LogP contribution in [0.3, 0.4) is 0 Å². The van der Waals surface area contributed by atoms with Crippen LogP contribution >= 0.6 is 0 Å². The molecule has 0 bridgehead atoms. The Balaban J connectivity index is 1.29. The van der Waals surface area contributed by atoms with Crippen LogP contribution in [-0.4, -0.2) is 9.13 Å². The lowest BCUT2D eigenvalue weighted by Crippen LogP contribution is -2.16. The number of aromatic nitrogens is 2. The van der Waals surface area contributed by atoms with Crippen molar-refractivity contribution in [1.29, 1.82) is 0 Å². The largest absolute Gasteiger partial charge is 0.456 e. The monoisotopic (exact) mass is 944 g/mol. The number of halogens is 9. The number of nitrogens with zero attached hydrogens (tertiary/aromatic N) is 2. The Morgan fingerprint density at radius 1 is 0.314 bits per heavy atom. The SMILES string of the molecule is FC(F)(F)c1cccc(-c2c(-n3c4ccccc4c4c5c(ccc43)oc3ccccc35)cc(-n3c4ccccc4c4c5c(ccc43)oc3ccccc35)c(-c3cccc(C(F)(F)F)c3)c2C(F)(F)F)c1. The van der Waals surface area contributed by atoms with Crippen LogP contribution in [0.15, 0.2) is 185 Å². The van der Waals surface area contributed by atoms with Crippen LogP contribution in [0.2, 0.25) is 0 Å². The summed E-state index contributed by atoms with van der Waals surface area (Å²) in [6.07, 6.45) is -15.4. The van der Waals surface area contributed by atoms with E-state index < -0.39 is 57.5 Å². The van der Waals surface area contributed by atoms with Crippen molar-refractivity contribution in [3.05, 3.63) is 193 Å². The molecule has 0 N–H and O–H groups in total. The molecule has 0 aliphatic carbocycles. The molecular weight excluding hydrogens is 916 g/mol. The molecule has 13 heteroatoms. The molecule has 13 rings (SSSR count). The number of rotatable bonds is 4. The molecule has 0 amide bonds. The molecule has 4 nitrogen and oxygen atoms in total. The number of furan rings is 2. The van der Waals surface area contributed by atoms with Crippen molar-refractivity contribution in [3.63, 3.8) is 0 Å². The molecule has 0 fully saturated rings. The molecule has 70 heavy (non-hydrogen) atoms. The van der Waals surface area contributed by atoms with E-state index in [1.807, 2.05) is 48.5 Å². The molecule has 9 aromatic carbocycles. The molecule has 0 unspecified atom stereocenters. The van der Waals surface area contributed by atoms with Crippen LogP contribution in [0.25, 0.3) is 121 Å². The van der Waals surface area contributed by atoms with Crippen LogP contribution in [0.4, 0.5) is 39.5 Å². The van der Waals surface area contributed by atoms with Gasteiger partial charge in [-0.05, 0) is 90.0 Å². The van der Waals surface area contributed by atoms with E-state index in [1.54, 1.807) is 81.9 Å². The maximum atomic E-state index is 17.0. The standard InChI is InChI=1S/C57H29F9N2O2/c58-55(59,60)32-13-9-11-30(27-32)48-42(67-38-19-5-1-15-34(38)50-40(67)23-25-46-52(50)36-17-3-7-21-44(36)69-46)29-43(49(54(48)57(64,65)66)31-12-10-14-33(28-31)56(61,62)63)68-39-20-6-2-16-35(39)51-41(68)24-26-47-53(51)37-18-4-8-22-45(37)70-47/h1-29H. The number of benzene rings is 9. The Labute approximate surface area is 388 Å². The number of para-hydroxylation sites is 4. The maximum Gasteiger partial charge on any atom is 0.417 e. The van der Waals surface area contributed by atoms with Crippen LogP contribution in [0, 0.1) is 0 Å². The second kappa shape index (κ2) is 14.5. The van der Waals surface area contributed by atoms with Crippen molar-refractivity contribution in [3.8, 4) is 33.6 Å². The smallest absolute Gasteiger partial charge is 0.417 e. The molecular formula is C57H29F9N2O2. The van der Waals surface area contributed by atoms with E-state index in [4.69, 9.17) is 8.83 Å². The first-order chi connectivity index (χ1) is 33.6. The Morgan fingerprint density at radius 2 is 0.714 bits per heavy atom. The lowest BCUT2D eigenvalue weighted by Gasteiger charge is -2.27. The highest BCUT2D eigenvalue weighted by atomic mass is 19.4. The first kappa shape index (κ1) is 41.7. The molecule has 0 aliphatic rings. The predicted octanol–water partition coefficient (Wildman–Crippen LogP) is 18.1. The van der Waals surface area contributed by atoms with Gasteiger partial charge in [0, 0.05) is 54.2 Å². The molecule has 0 spiro atoms. The van der Waals surface area contributed by atoms with Gasteiger partial charge in [0.25, 0.3) is 0 Å². The highest BCUT2D eigenvalue weighted by Crippen LogP contribution is 2.53. The summed E-state index contributed by atoms with van der Waals surface area (Å²) in [5.74, 6) is 0. The van der Waals surface area contributed by atoms with E-state index in [2.05, 4.69) is 0 Å². The molecule has 4 heterocycles. The Morgan fingerprint density at radius 3 is 1.13 bits per heavy atom. The lowest BCUT2D eigenvalue weighted by molar-refractivity contribution is -0.138. The third kappa shape index (κ3) is 6.06. The summed E-state index contributed by atoms with van der Waals surface area (Å²) >= 11 is 0. The van der Waals surface area contributed by atoms with Crippen molar-refractivity contribution in [2.24, 2.45) is 0 Å². The van der Waals surface area contributed by atoms with Crippen molar-refractivity contribution in [1.82, 2.24) is 9.13 Å². The van der Waals surface area contributed by atoms with Gasteiger partial charge in [-0.2, -0.15) is 39.5 Å². The van der Waals surface area contributed by atoms with E-state index in [0.717, 1.165) is 47.2 Å². The highest BCUT2D eigenvalue weighted by Gasteiger charge is 2.42. The summed E-state index contributed by atoms with van der Waals surface area (Å²) in [6, 6.07) is 44.2. The average molecular weight is 945 g/mol. The molecule has 342 valence electrons. The van der Waals surface area contributed by atoms with Crippen LogP contribution in [0.5, 0.6) is 0 Å². The number of hydrogen-bond donors (Lipinski definition) is 0. The molecule has 0 radical (unpaired) electrons. The Hall–Kier alpha value is -8.45. The zero-order valence-corrected chi connectivity index (χ0v) is 35.9.